The van der Waals surface area contributed by atoms with E-state index in [-0.39, 0.29) is 11.6 Å². The van der Waals surface area contributed by atoms with E-state index in [9.17, 15) is 14.7 Å². The maximum absolute atomic E-state index is 12.1. The minimum absolute atomic E-state index is 0.148. The zero-order valence-corrected chi connectivity index (χ0v) is 12.5. The number of rotatable bonds is 4. The summed E-state index contributed by atoms with van der Waals surface area (Å²) < 4.78 is 0. The molecule has 20 heavy (non-hydrogen) atoms. The van der Waals surface area contributed by atoms with Crippen molar-refractivity contribution in [1.29, 1.82) is 0 Å². The fourth-order valence-electron chi connectivity index (χ4n) is 3.33. The largest absolute Gasteiger partial charge is 0.480 e. The van der Waals surface area contributed by atoms with E-state index in [4.69, 9.17) is 0 Å². The second-order valence-corrected chi connectivity index (χ2v) is 6.73. The van der Waals surface area contributed by atoms with Crippen molar-refractivity contribution in [3.63, 3.8) is 0 Å². The van der Waals surface area contributed by atoms with Crippen LogP contribution in [-0.4, -0.2) is 28.2 Å². The molecule has 2 saturated carbocycles. The minimum Gasteiger partial charge on any atom is -0.480 e. The van der Waals surface area contributed by atoms with Crippen molar-refractivity contribution in [1.82, 2.24) is 10.6 Å². The van der Waals surface area contributed by atoms with Crippen molar-refractivity contribution >= 4 is 12.0 Å². The summed E-state index contributed by atoms with van der Waals surface area (Å²) in [6.45, 7) is 4.15. The van der Waals surface area contributed by atoms with Crippen molar-refractivity contribution < 1.29 is 14.7 Å². The first-order chi connectivity index (χ1) is 9.39. The summed E-state index contributed by atoms with van der Waals surface area (Å²) in [7, 11) is 0. The highest BCUT2D eigenvalue weighted by atomic mass is 16.4. The number of nitrogens with one attached hydrogen (secondary N) is 2. The molecule has 0 aromatic carbocycles. The second kappa shape index (κ2) is 5.62. The number of carboxylic acids is 1. The molecule has 0 radical (unpaired) electrons. The Balaban J connectivity index is 1.95. The van der Waals surface area contributed by atoms with Crippen LogP contribution in [0.15, 0.2) is 0 Å². The molecule has 2 fully saturated rings. The highest BCUT2D eigenvalue weighted by molar-refractivity contribution is 5.86. The molecule has 2 aliphatic carbocycles. The predicted octanol–water partition coefficient (Wildman–Crippen LogP) is 2.65. The smallest absolute Gasteiger partial charge is 0.329 e. The van der Waals surface area contributed by atoms with Crippen molar-refractivity contribution in [3.8, 4) is 0 Å². The van der Waals surface area contributed by atoms with Crippen LogP contribution in [0.3, 0.4) is 0 Å². The molecule has 0 spiro atoms. The molecular formula is C15H26N2O3. The standard InChI is InChI=1S/C15H26N2O3/c1-3-11-5-9-15(10-6-11,12(18)19)17-13(20)16-14(2)7-4-8-14/h11H,3-10H2,1-2H3,(H,18,19)(H2,16,17,20). The Hall–Kier alpha value is -1.26. The Morgan fingerprint density at radius 3 is 2.15 bits per heavy atom. The fraction of sp³-hybridized carbons (Fsp3) is 0.867. The first kappa shape index (κ1) is 15.1. The average molecular weight is 282 g/mol. The van der Waals surface area contributed by atoms with Crippen molar-refractivity contribution in [2.24, 2.45) is 5.92 Å². The molecule has 0 aromatic rings. The maximum Gasteiger partial charge on any atom is 0.329 e. The molecule has 0 heterocycles. The van der Waals surface area contributed by atoms with Crippen molar-refractivity contribution in [2.45, 2.75) is 76.3 Å². The van der Waals surface area contributed by atoms with E-state index in [0.29, 0.717) is 18.8 Å². The first-order valence-electron chi connectivity index (χ1n) is 7.73. The van der Waals surface area contributed by atoms with Gasteiger partial charge in [0, 0.05) is 5.54 Å². The van der Waals surface area contributed by atoms with Gasteiger partial charge < -0.3 is 15.7 Å². The van der Waals surface area contributed by atoms with Gasteiger partial charge >= 0.3 is 12.0 Å². The molecule has 114 valence electrons. The highest BCUT2D eigenvalue weighted by Crippen LogP contribution is 2.35. The Bertz CT molecular complexity index is 383. The van der Waals surface area contributed by atoms with Gasteiger partial charge in [-0.15, -0.1) is 0 Å². The molecule has 0 atom stereocenters. The van der Waals surface area contributed by atoms with Crippen molar-refractivity contribution in [2.75, 3.05) is 0 Å². The van der Waals surface area contributed by atoms with E-state index in [1.807, 2.05) is 6.92 Å². The second-order valence-electron chi connectivity index (χ2n) is 6.73. The van der Waals surface area contributed by atoms with Crippen LogP contribution in [0.2, 0.25) is 0 Å². The monoisotopic (exact) mass is 282 g/mol. The van der Waals surface area contributed by atoms with Gasteiger partial charge in [0.1, 0.15) is 5.54 Å². The summed E-state index contributed by atoms with van der Waals surface area (Å²) in [5, 5.41) is 15.2. The summed E-state index contributed by atoms with van der Waals surface area (Å²) in [5.74, 6) is -0.308. The van der Waals surface area contributed by atoms with E-state index in [1.165, 1.54) is 0 Å². The lowest BCUT2D eigenvalue weighted by molar-refractivity contribution is -0.146. The van der Waals surface area contributed by atoms with Crippen LogP contribution in [-0.2, 0) is 4.79 Å². The van der Waals surface area contributed by atoms with Gasteiger partial charge in [-0.05, 0) is 57.8 Å². The van der Waals surface area contributed by atoms with Gasteiger partial charge in [-0.25, -0.2) is 9.59 Å². The van der Waals surface area contributed by atoms with Gasteiger partial charge in [-0.3, -0.25) is 0 Å². The summed E-state index contributed by atoms with van der Waals surface area (Å²) in [5.41, 5.74) is -1.22. The van der Waals surface area contributed by atoms with E-state index < -0.39 is 11.5 Å². The Morgan fingerprint density at radius 1 is 1.15 bits per heavy atom. The van der Waals surface area contributed by atoms with Gasteiger partial charge in [-0.1, -0.05) is 13.3 Å². The van der Waals surface area contributed by atoms with E-state index in [0.717, 1.165) is 38.5 Å². The molecule has 5 nitrogen and oxygen atoms in total. The summed E-state index contributed by atoms with van der Waals surface area (Å²) in [4.78, 5) is 23.7. The Labute approximate surface area is 120 Å². The quantitative estimate of drug-likeness (QED) is 0.741. The topological polar surface area (TPSA) is 78.4 Å². The SMILES string of the molecule is CCC1CCC(NC(=O)NC2(C)CCC2)(C(=O)O)CC1. The van der Waals surface area contributed by atoms with E-state index in [1.54, 1.807) is 0 Å². The van der Waals surface area contributed by atoms with E-state index in [2.05, 4.69) is 17.6 Å². The minimum atomic E-state index is -1.07. The van der Waals surface area contributed by atoms with Crippen LogP contribution in [0.5, 0.6) is 0 Å². The maximum atomic E-state index is 12.1. The predicted molar refractivity (Wildman–Crippen MR) is 76.5 cm³/mol. The van der Waals surface area contributed by atoms with E-state index >= 15 is 0 Å². The fourth-order valence-corrected chi connectivity index (χ4v) is 3.33. The number of urea groups is 1. The third-order valence-electron chi connectivity index (χ3n) is 5.17. The number of hydrogen-bond donors (Lipinski definition) is 3. The molecule has 2 aliphatic rings. The van der Waals surface area contributed by atoms with Crippen LogP contribution < -0.4 is 10.6 Å². The summed E-state index contributed by atoms with van der Waals surface area (Å²) in [6.07, 6.45) is 6.96. The van der Waals surface area contributed by atoms with Crippen LogP contribution in [0.25, 0.3) is 0 Å². The molecule has 0 unspecified atom stereocenters. The normalized spacial score (nSPS) is 32.0. The third-order valence-corrected chi connectivity index (χ3v) is 5.17. The van der Waals surface area contributed by atoms with Crippen LogP contribution in [0.1, 0.15) is 65.2 Å². The summed E-state index contributed by atoms with van der Waals surface area (Å²) >= 11 is 0. The van der Waals surface area contributed by atoms with Crippen molar-refractivity contribution in [3.05, 3.63) is 0 Å². The molecule has 0 aromatic heterocycles. The average Bonchev–Trinajstić information content (AvgIpc) is 2.37. The van der Waals surface area contributed by atoms with Crippen LogP contribution in [0.4, 0.5) is 4.79 Å². The number of aliphatic carboxylic acids is 1. The summed E-state index contributed by atoms with van der Waals surface area (Å²) in [6, 6.07) is -0.329. The number of carbonyl (C=O) groups is 2. The number of carbonyl (C=O) groups excluding carboxylic acids is 1. The molecule has 0 saturated heterocycles. The molecule has 5 heteroatoms. The zero-order valence-electron chi connectivity index (χ0n) is 12.5. The number of carboxylic acid groups (broad SMARTS) is 1. The van der Waals surface area contributed by atoms with Crippen LogP contribution in [0, 0.1) is 5.92 Å². The number of amides is 2. The lowest BCUT2D eigenvalue weighted by Gasteiger charge is -2.42. The lowest BCUT2D eigenvalue weighted by Crippen LogP contribution is -2.62. The van der Waals surface area contributed by atoms with Crippen LogP contribution >= 0.6 is 0 Å². The lowest BCUT2D eigenvalue weighted by atomic mass is 9.75. The van der Waals surface area contributed by atoms with Gasteiger partial charge in [0.05, 0.1) is 0 Å². The molecule has 3 N–H and O–H groups in total. The molecule has 0 bridgehead atoms. The molecule has 0 aliphatic heterocycles. The Kier molecular flexibility index (Phi) is 4.25. The Morgan fingerprint density at radius 2 is 1.75 bits per heavy atom. The van der Waals surface area contributed by atoms with Gasteiger partial charge in [0.25, 0.3) is 0 Å². The first-order valence-corrected chi connectivity index (χ1v) is 7.73. The number of hydrogen-bond acceptors (Lipinski definition) is 2. The third kappa shape index (κ3) is 3.07. The molecular weight excluding hydrogens is 256 g/mol. The van der Waals surface area contributed by atoms with Gasteiger partial charge in [0.2, 0.25) is 0 Å². The molecule has 2 rings (SSSR count). The highest BCUT2D eigenvalue weighted by Gasteiger charge is 2.44. The zero-order chi connectivity index (χ0) is 14.8. The van der Waals surface area contributed by atoms with Gasteiger partial charge in [0.15, 0.2) is 0 Å². The van der Waals surface area contributed by atoms with Gasteiger partial charge in [-0.2, -0.15) is 0 Å². The molecule has 2 amide bonds.